The maximum absolute atomic E-state index is 5.56. The van der Waals surface area contributed by atoms with Crippen LogP contribution in [0.3, 0.4) is 0 Å². The standard InChI is InChI=1S/C21H28N2O/c1-16-11-12-20(17(2)21(16)24-3)22-19-10-7-13-23(15-19)14-18-8-5-4-6-9-18/h4-6,8-9,11-12,19,22H,7,10,13-15H2,1-3H3. The first-order valence-corrected chi connectivity index (χ1v) is 8.84. The molecule has 24 heavy (non-hydrogen) atoms. The van der Waals surface area contributed by atoms with Gasteiger partial charge in [-0.1, -0.05) is 36.4 Å². The molecular formula is C21H28N2O. The number of ether oxygens (including phenoxy) is 1. The van der Waals surface area contributed by atoms with Crippen LogP contribution >= 0.6 is 0 Å². The van der Waals surface area contributed by atoms with E-state index in [2.05, 4.69) is 66.5 Å². The molecule has 3 nitrogen and oxygen atoms in total. The van der Waals surface area contributed by atoms with E-state index >= 15 is 0 Å². The first-order valence-electron chi connectivity index (χ1n) is 8.84. The molecule has 1 aliphatic rings. The number of piperidine rings is 1. The summed E-state index contributed by atoms with van der Waals surface area (Å²) >= 11 is 0. The molecule has 2 aromatic rings. The molecule has 1 heterocycles. The Kier molecular flexibility index (Phi) is 5.41. The minimum absolute atomic E-state index is 0.494. The Hall–Kier alpha value is -2.00. The molecular weight excluding hydrogens is 296 g/mol. The van der Waals surface area contributed by atoms with Gasteiger partial charge < -0.3 is 10.1 Å². The highest BCUT2D eigenvalue weighted by Crippen LogP contribution is 2.30. The summed E-state index contributed by atoms with van der Waals surface area (Å²) in [4.78, 5) is 2.55. The number of benzene rings is 2. The Balaban J connectivity index is 1.65. The van der Waals surface area contributed by atoms with Gasteiger partial charge in [-0.2, -0.15) is 0 Å². The molecule has 1 N–H and O–H groups in total. The number of methoxy groups -OCH3 is 1. The van der Waals surface area contributed by atoms with E-state index in [0.717, 1.165) is 18.8 Å². The number of anilines is 1. The van der Waals surface area contributed by atoms with Gasteiger partial charge in [0.25, 0.3) is 0 Å². The van der Waals surface area contributed by atoms with Crippen LogP contribution in [0.25, 0.3) is 0 Å². The second-order valence-corrected chi connectivity index (χ2v) is 6.79. The Bertz CT molecular complexity index is 669. The van der Waals surface area contributed by atoms with Crippen molar-refractivity contribution in [2.75, 3.05) is 25.5 Å². The van der Waals surface area contributed by atoms with Crippen molar-refractivity contribution in [3.8, 4) is 5.75 Å². The van der Waals surface area contributed by atoms with Gasteiger partial charge in [-0.25, -0.2) is 0 Å². The van der Waals surface area contributed by atoms with Crippen LogP contribution < -0.4 is 10.1 Å². The first kappa shape index (κ1) is 16.8. The van der Waals surface area contributed by atoms with Crippen LogP contribution in [0.5, 0.6) is 5.75 Å². The highest BCUT2D eigenvalue weighted by Gasteiger charge is 2.21. The van der Waals surface area contributed by atoms with Crippen LogP contribution in [0.15, 0.2) is 42.5 Å². The summed E-state index contributed by atoms with van der Waals surface area (Å²) in [5.74, 6) is 0.997. The van der Waals surface area contributed by atoms with Gasteiger partial charge in [-0.15, -0.1) is 0 Å². The van der Waals surface area contributed by atoms with Crippen LogP contribution in [0.1, 0.15) is 29.5 Å². The lowest BCUT2D eigenvalue weighted by Crippen LogP contribution is -2.41. The number of hydrogen-bond acceptors (Lipinski definition) is 3. The van der Waals surface area contributed by atoms with E-state index in [-0.39, 0.29) is 0 Å². The third-order valence-corrected chi connectivity index (χ3v) is 4.92. The van der Waals surface area contributed by atoms with E-state index in [1.54, 1.807) is 7.11 Å². The minimum Gasteiger partial charge on any atom is -0.496 e. The van der Waals surface area contributed by atoms with Gasteiger partial charge in [0.15, 0.2) is 0 Å². The summed E-state index contributed by atoms with van der Waals surface area (Å²) in [5, 5.41) is 3.75. The predicted molar refractivity (Wildman–Crippen MR) is 101 cm³/mol. The molecule has 2 aromatic carbocycles. The van der Waals surface area contributed by atoms with Crippen molar-refractivity contribution in [1.29, 1.82) is 0 Å². The lowest BCUT2D eigenvalue weighted by Gasteiger charge is -2.34. The number of likely N-dealkylation sites (tertiary alicyclic amines) is 1. The van der Waals surface area contributed by atoms with Crippen molar-refractivity contribution in [3.63, 3.8) is 0 Å². The van der Waals surface area contributed by atoms with Crippen molar-refractivity contribution in [1.82, 2.24) is 4.90 Å². The molecule has 3 heteroatoms. The van der Waals surface area contributed by atoms with Gasteiger partial charge in [0, 0.05) is 30.4 Å². The van der Waals surface area contributed by atoms with Crippen molar-refractivity contribution in [2.24, 2.45) is 0 Å². The van der Waals surface area contributed by atoms with E-state index in [1.807, 2.05) is 0 Å². The van der Waals surface area contributed by atoms with Crippen LogP contribution in [-0.2, 0) is 6.54 Å². The van der Waals surface area contributed by atoms with Gasteiger partial charge in [0.05, 0.1) is 7.11 Å². The van der Waals surface area contributed by atoms with E-state index in [9.17, 15) is 0 Å². The molecule has 0 radical (unpaired) electrons. The molecule has 0 amide bonds. The Morgan fingerprint density at radius 1 is 1.12 bits per heavy atom. The van der Waals surface area contributed by atoms with E-state index in [4.69, 9.17) is 4.74 Å². The Morgan fingerprint density at radius 2 is 1.92 bits per heavy atom. The summed E-state index contributed by atoms with van der Waals surface area (Å²) in [6, 6.07) is 15.6. The fourth-order valence-corrected chi connectivity index (χ4v) is 3.68. The summed E-state index contributed by atoms with van der Waals surface area (Å²) in [7, 11) is 1.75. The summed E-state index contributed by atoms with van der Waals surface area (Å²) < 4.78 is 5.56. The third kappa shape index (κ3) is 3.90. The molecule has 0 aliphatic carbocycles. The lowest BCUT2D eigenvalue weighted by molar-refractivity contribution is 0.208. The average Bonchev–Trinajstić information content (AvgIpc) is 2.59. The molecule has 1 unspecified atom stereocenters. The predicted octanol–water partition coefficient (Wildman–Crippen LogP) is 4.39. The number of aryl methyl sites for hydroxylation is 1. The molecule has 1 fully saturated rings. The fourth-order valence-electron chi connectivity index (χ4n) is 3.68. The van der Waals surface area contributed by atoms with Gasteiger partial charge in [0.1, 0.15) is 5.75 Å². The average molecular weight is 324 g/mol. The van der Waals surface area contributed by atoms with Crippen LogP contribution in [-0.4, -0.2) is 31.1 Å². The monoisotopic (exact) mass is 324 g/mol. The molecule has 1 saturated heterocycles. The zero-order valence-corrected chi connectivity index (χ0v) is 15.0. The van der Waals surface area contributed by atoms with Crippen LogP contribution in [0.4, 0.5) is 5.69 Å². The number of hydrogen-bond donors (Lipinski definition) is 1. The molecule has 128 valence electrons. The van der Waals surface area contributed by atoms with Crippen molar-refractivity contribution >= 4 is 5.69 Å². The Labute approximate surface area is 145 Å². The summed E-state index contributed by atoms with van der Waals surface area (Å²) in [6.07, 6.45) is 2.47. The fraction of sp³-hybridized carbons (Fsp3) is 0.429. The zero-order valence-electron chi connectivity index (χ0n) is 15.0. The normalized spacial score (nSPS) is 18.4. The van der Waals surface area contributed by atoms with E-state index in [0.29, 0.717) is 6.04 Å². The second kappa shape index (κ2) is 7.71. The largest absolute Gasteiger partial charge is 0.496 e. The number of nitrogens with zero attached hydrogens (tertiary/aromatic N) is 1. The topological polar surface area (TPSA) is 24.5 Å². The Morgan fingerprint density at radius 3 is 2.67 bits per heavy atom. The first-order chi connectivity index (χ1) is 11.7. The van der Waals surface area contributed by atoms with Crippen molar-refractivity contribution < 1.29 is 4.74 Å². The minimum atomic E-state index is 0.494. The highest BCUT2D eigenvalue weighted by molar-refractivity contribution is 5.60. The number of rotatable bonds is 5. The van der Waals surface area contributed by atoms with Crippen molar-refractivity contribution in [2.45, 2.75) is 39.3 Å². The van der Waals surface area contributed by atoms with Gasteiger partial charge in [-0.3, -0.25) is 4.90 Å². The molecule has 1 aliphatic heterocycles. The van der Waals surface area contributed by atoms with Crippen LogP contribution in [0.2, 0.25) is 0 Å². The van der Waals surface area contributed by atoms with E-state index < -0.39 is 0 Å². The molecule has 3 rings (SSSR count). The third-order valence-electron chi connectivity index (χ3n) is 4.92. The lowest BCUT2D eigenvalue weighted by atomic mass is 10.0. The van der Waals surface area contributed by atoms with E-state index in [1.165, 1.54) is 41.8 Å². The number of nitrogens with one attached hydrogen (secondary N) is 1. The zero-order chi connectivity index (χ0) is 16.9. The maximum Gasteiger partial charge on any atom is 0.126 e. The molecule has 0 aromatic heterocycles. The SMILES string of the molecule is COc1c(C)ccc(NC2CCCN(Cc3ccccc3)C2)c1C. The smallest absolute Gasteiger partial charge is 0.126 e. The quantitative estimate of drug-likeness (QED) is 0.883. The molecule has 0 bridgehead atoms. The maximum atomic E-state index is 5.56. The summed E-state index contributed by atoms with van der Waals surface area (Å²) in [5.41, 5.74) is 4.99. The van der Waals surface area contributed by atoms with Crippen LogP contribution in [0, 0.1) is 13.8 Å². The molecule has 0 saturated carbocycles. The second-order valence-electron chi connectivity index (χ2n) is 6.79. The molecule has 1 atom stereocenters. The van der Waals surface area contributed by atoms with Gasteiger partial charge >= 0.3 is 0 Å². The summed E-state index contributed by atoms with van der Waals surface area (Å²) in [6.45, 7) is 7.54. The molecule has 0 spiro atoms. The van der Waals surface area contributed by atoms with Gasteiger partial charge in [-0.05, 0) is 50.4 Å². The highest BCUT2D eigenvalue weighted by atomic mass is 16.5. The van der Waals surface area contributed by atoms with Gasteiger partial charge in [0.2, 0.25) is 0 Å². The van der Waals surface area contributed by atoms with Crippen molar-refractivity contribution in [3.05, 3.63) is 59.2 Å².